The molecule has 7 heteroatoms. The van der Waals surface area contributed by atoms with Crippen molar-refractivity contribution in [1.29, 1.82) is 0 Å². The quantitative estimate of drug-likeness (QED) is 0.404. The molecule has 1 atom stereocenters. The van der Waals surface area contributed by atoms with E-state index in [1.165, 1.54) is 6.07 Å². The highest BCUT2D eigenvalue weighted by molar-refractivity contribution is 6.30. The fourth-order valence-corrected chi connectivity index (χ4v) is 3.31. The fourth-order valence-electron chi connectivity index (χ4n) is 3.18. The number of unbranched alkanes of at least 4 members (excludes halogenated alkanes) is 1. The van der Waals surface area contributed by atoms with Gasteiger partial charge in [-0.3, -0.25) is 4.68 Å². The Hall–Kier alpha value is -2.83. The summed E-state index contributed by atoms with van der Waals surface area (Å²) < 4.78 is 7.68. The summed E-state index contributed by atoms with van der Waals surface area (Å²) in [5.74, 6) is -0.429. The Morgan fingerprint density at radius 2 is 1.90 bits per heavy atom. The van der Waals surface area contributed by atoms with Gasteiger partial charge in [-0.2, -0.15) is 5.10 Å². The molecule has 0 radical (unpaired) electrons. The second-order valence-corrected chi connectivity index (χ2v) is 7.82. The van der Waals surface area contributed by atoms with Crippen LogP contribution in [0.2, 0.25) is 5.02 Å². The number of hydrogen-bond donors (Lipinski definition) is 2. The summed E-state index contributed by atoms with van der Waals surface area (Å²) >= 11 is 6.04. The van der Waals surface area contributed by atoms with Gasteiger partial charge in [0.15, 0.2) is 0 Å². The number of nitrogens with zero attached hydrogens (tertiary/aromatic N) is 2. The SMILES string of the molecule is CCCCOc1ccc(C(=O)O)cc1-c1cc(-c2ccc(Cl)cc2)n(CC(O)CC)n1. The zero-order chi connectivity index (χ0) is 22.4. The van der Waals surface area contributed by atoms with Crippen molar-refractivity contribution in [2.45, 2.75) is 45.8 Å². The molecule has 0 aliphatic heterocycles. The number of aliphatic hydroxyl groups is 1. The molecule has 1 heterocycles. The number of ether oxygens (including phenoxy) is 1. The molecule has 0 amide bonds. The summed E-state index contributed by atoms with van der Waals surface area (Å²) in [5, 5.41) is 25.0. The lowest BCUT2D eigenvalue weighted by molar-refractivity contribution is 0.0697. The van der Waals surface area contributed by atoms with Crippen molar-refractivity contribution in [3.05, 3.63) is 59.1 Å². The predicted octanol–water partition coefficient (Wildman–Crippen LogP) is 5.52. The molecule has 1 aromatic heterocycles. The second-order valence-electron chi connectivity index (χ2n) is 7.38. The number of aromatic nitrogens is 2. The number of benzene rings is 2. The topological polar surface area (TPSA) is 84.6 Å². The number of carboxylic acids is 1. The van der Waals surface area contributed by atoms with Gasteiger partial charge in [-0.05, 0) is 54.8 Å². The normalized spacial score (nSPS) is 12.0. The van der Waals surface area contributed by atoms with Crippen molar-refractivity contribution in [2.75, 3.05) is 6.61 Å². The van der Waals surface area contributed by atoms with E-state index in [1.807, 2.05) is 25.1 Å². The van der Waals surface area contributed by atoms with Crippen LogP contribution in [-0.4, -0.2) is 38.7 Å². The number of carbonyl (C=O) groups is 1. The molecule has 0 spiro atoms. The van der Waals surface area contributed by atoms with Crippen molar-refractivity contribution in [3.8, 4) is 28.3 Å². The van der Waals surface area contributed by atoms with Crippen LogP contribution in [0.15, 0.2) is 48.5 Å². The predicted molar refractivity (Wildman–Crippen MR) is 122 cm³/mol. The molecule has 31 heavy (non-hydrogen) atoms. The lowest BCUT2D eigenvalue weighted by Gasteiger charge is -2.12. The average Bonchev–Trinajstić information content (AvgIpc) is 3.17. The molecule has 0 aliphatic rings. The summed E-state index contributed by atoms with van der Waals surface area (Å²) in [6.45, 7) is 4.85. The van der Waals surface area contributed by atoms with Crippen LogP contribution in [0.3, 0.4) is 0 Å². The second kappa shape index (κ2) is 10.5. The number of hydrogen-bond acceptors (Lipinski definition) is 4. The summed E-state index contributed by atoms with van der Waals surface area (Å²) in [7, 11) is 0. The van der Waals surface area contributed by atoms with Crippen molar-refractivity contribution in [3.63, 3.8) is 0 Å². The molecule has 164 valence electrons. The van der Waals surface area contributed by atoms with E-state index in [1.54, 1.807) is 28.9 Å². The molecule has 0 aliphatic carbocycles. The molecule has 2 N–H and O–H groups in total. The van der Waals surface area contributed by atoms with Gasteiger partial charge < -0.3 is 14.9 Å². The standard InChI is InChI=1S/C24H27ClN2O4/c1-3-5-12-31-23-11-8-17(24(29)30)13-20(23)21-14-22(16-6-9-18(25)10-7-16)27(26-21)15-19(28)4-2/h6-11,13-14,19,28H,3-5,12,15H2,1-2H3,(H,29,30). The third kappa shape index (κ3) is 5.66. The van der Waals surface area contributed by atoms with Crippen LogP contribution >= 0.6 is 11.6 Å². The maximum absolute atomic E-state index is 11.6. The van der Waals surface area contributed by atoms with Gasteiger partial charge in [-0.1, -0.05) is 44.0 Å². The molecule has 6 nitrogen and oxygen atoms in total. The zero-order valence-electron chi connectivity index (χ0n) is 17.7. The molecule has 0 saturated heterocycles. The van der Waals surface area contributed by atoms with Crippen LogP contribution < -0.4 is 4.74 Å². The number of carboxylic acid groups (broad SMARTS) is 1. The van der Waals surface area contributed by atoms with E-state index in [4.69, 9.17) is 21.4 Å². The molecule has 0 saturated carbocycles. The van der Waals surface area contributed by atoms with E-state index in [0.717, 1.165) is 24.1 Å². The maximum atomic E-state index is 11.6. The molecular weight excluding hydrogens is 416 g/mol. The highest BCUT2D eigenvalue weighted by Crippen LogP contribution is 2.34. The summed E-state index contributed by atoms with van der Waals surface area (Å²) in [5.41, 5.74) is 3.06. The van der Waals surface area contributed by atoms with Crippen LogP contribution in [-0.2, 0) is 6.54 Å². The third-order valence-corrected chi connectivity index (χ3v) is 5.28. The molecule has 3 aromatic rings. The van der Waals surface area contributed by atoms with Crippen LogP contribution in [0, 0.1) is 0 Å². The first-order chi connectivity index (χ1) is 14.9. The van der Waals surface area contributed by atoms with Crippen molar-refractivity contribution in [2.24, 2.45) is 0 Å². The van der Waals surface area contributed by atoms with Gasteiger partial charge in [0.05, 0.1) is 36.2 Å². The summed E-state index contributed by atoms with van der Waals surface area (Å²) in [6, 6.07) is 14.1. The first-order valence-electron chi connectivity index (χ1n) is 10.4. The highest BCUT2D eigenvalue weighted by Gasteiger charge is 2.18. The van der Waals surface area contributed by atoms with E-state index < -0.39 is 12.1 Å². The monoisotopic (exact) mass is 442 g/mol. The Bertz CT molecular complexity index is 1030. The van der Waals surface area contributed by atoms with Gasteiger partial charge in [-0.25, -0.2) is 4.79 Å². The molecule has 0 bridgehead atoms. The Kier molecular flexibility index (Phi) is 7.71. The Morgan fingerprint density at radius 1 is 1.16 bits per heavy atom. The van der Waals surface area contributed by atoms with Crippen molar-refractivity contribution < 1.29 is 19.7 Å². The number of aromatic carboxylic acids is 1. The first kappa shape index (κ1) is 22.8. The number of halogens is 1. The molecule has 1 unspecified atom stereocenters. The van der Waals surface area contributed by atoms with E-state index in [-0.39, 0.29) is 5.56 Å². The Morgan fingerprint density at radius 3 is 2.55 bits per heavy atom. The van der Waals surface area contributed by atoms with Gasteiger partial charge in [-0.15, -0.1) is 0 Å². The fraction of sp³-hybridized carbons (Fsp3) is 0.333. The summed E-state index contributed by atoms with van der Waals surface area (Å²) in [4.78, 5) is 11.6. The van der Waals surface area contributed by atoms with E-state index in [9.17, 15) is 15.0 Å². The smallest absolute Gasteiger partial charge is 0.335 e. The number of aliphatic hydroxyl groups excluding tert-OH is 1. The van der Waals surface area contributed by atoms with E-state index >= 15 is 0 Å². The van der Waals surface area contributed by atoms with Crippen molar-refractivity contribution in [1.82, 2.24) is 9.78 Å². The minimum atomic E-state index is -1.01. The maximum Gasteiger partial charge on any atom is 0.335 e. The van der Waals surface area contributed by atoms with Crippen LogP contribution in [0.1, 0.15) is 43.5 Å². The van der Waals surface area contributed by atoms with Gasteiger partial charge in [0, 0.05) is 10.6 Å². The van der Waals surface area contributed by atoms with Crippen LogP contribution in [0.4, 0.5) is 0 Å². The van der Waals surface area contributed by atoms with Gasteiger partial charge in [0.1, 0.15) is 5.75 Å². The lowest BCUT2D eigenvalue weighted by Crippen LogP contribution is -2.16. The van der Waals surface area contributed by atoms with E-state index in [2.05, 4.69) is 6.92 Å². The molecule has 2 aromatic carbocycles. The first-order valence-corrected chi connectivity index (χ1v) is 10.8. The minimum absolute atomic E-state index is 0.161. The van der Waals surface area contributed by atoms with Crippen molar-refractivity contribution >= 4 is 17.6 Å². The van der Waals surface area contributed by atoms with Gasteiger partial charge in [0.2, 0.25) is 0 Å². The van der Waals surface area contributed by atoms with Crippen LogP contribution in [0.5, 0.6) is 5.75 Å². The van der Waals surface area contributed by atoms with E-state index in [0.29, 0.717) is 41.6 Å². The average molecular weight is 443 g/mol. The largest absolute Gasteiger partial charge is 0.493 e. The molecule has 3 rings (SSSR count). The Labute approximate surface area is 187 Å². The lowest BCUT2D eigenvalue weighted by atomic mass is 10.1. The third-order valence-electron chi connectivity index (χ3n) is 5.03. The minimum Gasteiger partial charge on any atom is -0.493 e. The summed E-state index contributed by atoms with van der Waals surface area (Å²) in [6.07, 6.45) is 1.93. The van der Waals surface area contributed by atoms with Gasteiger partial charge in [0.25, 0.3) is 0 Å². The zero-order valence-corrected chi connectivity index (χ0v) is 18.5. The number of rotatable bonds is 10. The Balaban J connectivity index is 2.10. The highest BCUT2D eigenvalue weighted by atomic mass is 35.5. The van der Waals surface area contributed by atoms with Crippen LogP contribution in [0.25, 0.3) is 22.5 Å². The van der Waals surface area contributed by atoms with Gasteiger partial charge >= 0.3 is 5.97 Å². The molecule has 0 fully saturated rings. The molecular formula is C24H27ClN2O4.